The van der Waals surface area contributed by atoms with Gasteiger partial charge < -0.3 is 16.3 Å². The third-order valence-corrected chi connectivity index (χ3v) is 4.72. The van der Waals surface area contributed by atoms with Crippen molar-refractivity contribution in [2.45, 2.75) is 37.8 Å². The summed E-state index contributed by atoms with van der Waals surface area (Å²) in [5, 5.41) is 4.14. The number of ketones is 1. The van der Waals surface area contributed by atoms with Gasteiger partial charge in [0.15, 0.2) is 5.78 Å². The van der Waals surface area contributed by atoms with Gasteiger partial charge >= 0.3 is 0 Å². The van der Waals surface area contributed by atoms with Crippen LogP contribution in [0.3, 0.4) is 0 Å². The zero-order valence-electron chi connectivity index (χ0n) is 15.1. The van der Waals surface area contributed by atoms with Crippen LogP contribution in [-0.4, -0.2) is 28.5 Å². The van der Waals surface area contributed by atoms with E-state index in [1.54, 1.807) is 48.8 Å². The van der Waals surface area contributed by atoms with Gasteiger partial charge in [0.1, 0.15) is 11.3 Å². The van der Waals surface area contributed by atoms with Crippen LogP contribution >= 0.6 is 0 Å². The van der Waals surface area contributed by atoms with Crippen LogP contribution in [0.15, 0.2) is 53.9 Å². The van der Waals surface area contributed by atoms with E-state index in [0.29, 0.717) is 23.3 Å². The number of nitrogens with two attached hydrogens (primary N) is 2. The predicted molar refractivity (Wildman–Crippen MR) is 101 cm³/mol. The molecule has 0 bridgehead atoms. The third-order valence-electron chi connectivity index (χ3n) is 4.72. The number of carbonyl (C=O) groups is 2. The molecule has 0 spiro atoms. The number of primary amides is 1. The number of oxime groups is 1. The number of unbranched alkanes of at least 4 members (excludes halogenated alkanes) is 1. The van der Waals surface area contributed by atoms with Crippen LogP contribution in [-0.2, 0) is 15.2 Å². The van der Waals surface area contributed by atoms with Crippen LogP contribution in [0.2, 0.25) is 0 Å². The maximum atomic E-state index is 12.8. The highest BCUT2D eigenvalue weighted by Crippen LogP contribution is 2.37. The number of hydrogen-bond donors (Lipinski definition) is 2. The number of amides is 1. The average molecular weight is 366 g/mol. The summed E-state index contributed by atoms with van der Waals surface area (Å²) in [7, 11) is 0. The van der Waals surface area contributed by atoms with Crippen molar-refractivity contribution in [3.05, 3.63) is 65.5 Å². The maximum Gasteiger partial charge on any atom is 0.249 e. The number of pyridine rings is 1. The average Bonchev–Trinajstić information content (AvgIpc) is 3.05. The molecule has 1 aromatic heterocycles. The summed E-state index contributed by atoms with van der Waals surface area (Å²) in [5.74, 6) is -0.789. The fraction of sp³-hybridized carbons (Fsp3) is 0.300. The van der Waals surface area contributed by atoms with Crippen molar-refractivity contribution in [1.29, 1.82) is 0 Å². The molecule has 4 N–H and O–H groups in total. The highest BCUT2D eigenvalue weighted by Gasteiger charge is 2.53. The van der Waals surface area contributed by atoms with E-state index in [1.807, 2.05) is 6.92 Å². The lowest BCUT2D eigenvalue weighted by atomic mass is 9.75. The lowest BCUT2D eigenvalue weighted by molar-refractivity contribution is -0.131. The molecule has 1 aromatic carbocycles. The first-order chi connectivity index (χ1) is 13.0. The Morgan fingerprint density at radius 1 is 1.19 bits per heavy atom. The van der Waals surface area contributed by atoms with Crippen LogP contribution in [0.5, 0.6) is 0 Å². The molecular formula is C20H22N4O3. The molecule has 1 amide bonds. The molecule has 2 atom stereocenters. The Bertz CT molecular complexity index is 882. The molecule has 27 heavy (non-hydrogen) atoms. The molecule has 1 aliphatic heterocycles. The molecule has 2 aromatic rings. The van der Waals surface area contributed by atoms with Gasteiger partial charge in [0.25, 0.3) is 0 Å². The highest BCUT2D eigenvalue weighted by molar-refractivity contribution is 6.13. The number of hydrogen-bond acceptors (Lipinski definition) is 6. The van der Waals surface area contributed by atoms with Gasteiger partial charge in [-0.15, -0.1) is 0 Å². The van der Waals surface area contributed by atoms with E-state index in [-0.39, 0.29) is 11.3 Å². The van der Waals surface area contributed by atoms with Crippen LogP contribution < -0.4 is 11.5 Å². The monoisotopic (exact) mass is 366 g/mol. The molecule has 2 heterocycles. The van der Waals surface area contributed by atoms with E-state index in [9.17, 15) is 9.59 Å². The number of carbonyl (C=O) groups excluding carboxylic acids is 2. The van der Waals surface area contributed by atoms with Gasteiger partial charge in [0, 0.05) is 29.9 Å². The van der Waals surface area contributed by atoms with Crippen LogP contribution in [0.25, 0.3) is 0 Å². The van der Waals surface area contributed by atoms with Crippen molar-refractivity contribution in [3.63, 3.8) is 0 Å². The fourth-order valence-corrected chi connectivity index (χ4v) is 3.31. The largest absolute Gasteiger partial charge is 0.381 e. The third kappa shape index (κ3) is 3.33. The molecule has 140 valence electrons. The van der Waals surface area contributed by atoms with Gasteiger partial charge in [-0.3, -0.25) is 14.6 Å². The topological polar surface area (TPSA) is 121 Å². The number of aromatic nitrogens is 1. The van der Waals surface area contributed by atoms with Crippen LogP contribution in [0.4, 0.5) is 0 Å². The molecule has 0 saturated heterocycles. The molecule has 0 radical (unpaired) electrons. The van der Waals surface area contributed by atoms with E-state index < -0.39 is 17.6 Å². The molecular weight excluding hydrogens is 344 g/mol. The Morgan fingerprint density at radius 2 is 1.89 bits per heavy atom. The Morgan fingerprint density at radius 3 is 2.56 bits per heavy atom. The predicted octanol–water partition coefficient (Wildman–Crippen LogP) is 1.90. The second-order valence-corrected chi connectivity index (χ2v) is 6.51. The molecule has 0 aliphatic carbocycles. The summed E-state index contributed by atoms with van der Waals surface area (Å²) in [6, 6.07) is 10.2. The van der Waals surface area contributed by atoms with Crippen molar-refractivity contribution in [2.75, 3.05) is 0 Å². The van der Waals surface area contributed by atoms with E-state index in [0.717, 1.165) is 12.8 Å². The minimum atomic E-state index is -1.43. The fourth-order valence-electron chi connectivity index (χ4n) is 3.31. The van der Waals surface area contributed by atoms with Gasteiger partial charge in [-0.05, 0) is 30.2 Å². The van der Waals surface area contributed by atoms with Crippen LogP contribution in [0, 0.1) is 0 Å². The summed E-state index contributed by atoms with van der Waals surface area (Å²) in [6.45, 7) is 2.00. The van der Waals surface area contributed by atoms with Crippen LogP contribution in [0.1, 0.15) is 47.7 Å². The first-order valence-electron chi connectivity index (χ1n) is 8.85. The lowest BCUT2D eigenvalue weighted by Crippen LogP contribution is -2.55. The minimum Gasteiger partial charge on any atom is -0.381 e. The zero-order chi connectivity index (χ0) is 19.4. The maximum absolute atomic E-state index is 12.8. The first-order valence-corrected chi connectivity index (χ1v) is 8.85. The second kappa shape index (κ2) is 7.67. The quantitative estimate of drug-likeness (QED) is 0.775. The summed E-state index contributed by atoms with van der Waals surface area (Å²) in [6.07, 6.45) is 4.07. The van der Waals surface area contributed by atoms with Gasteiger partial charge in [-0.2, -0.15) is 0 Å². The van der Waals surface area contributed by atoms with Crippen molar-refractivity contribution in [1.82, 2.24) is 4.98 Å². The summed E-state index contributed by atoms with van der Waals surface area (Å²) in [4.78, 5) is 34.4. The smallest absolute Gasteiger partial charge is 0.249 e. The molecule has 2 unspecified atom stereocenters. The van der Waals surface area contributed by atoms with E-state index in [2.05, 4.69) is 10.1 Å². The van der Waals surface area contributed by atoms with E-state index in [1.165, 1.54) is 0 Å². The number of rotatable bonds is 7. The minimum absolute atomic E-state index is 0.161. The zero-order valence-corrected chi connectivity index (χ0v) is 15.1. The van der Waals surface area contributed by atoms with Crippen molar-refractivity contribution in [2.24, 2.45) is 16.6 Å². The SMILES string of the molecule is CCCCC(=O)C1ON=C(c2ccncc2)C1(N)c1ccccc1C(N)=O. The summed E-state index contributed by atoms with van der Waals surface area (Å²) < 4.78 is 0. The van der Waals surface area contributed by atoms with Crippen molar-refractivity contribution >= 4 is 17.4 Å². The van der Waals surface area contributed by atoms with Gasteiger partial charge in [-0.1, -0.05) is 36.7 Å². The normalized spacial score (nSPS) is 21.4. The van der Waals surface area contributed by atoms with Crippen molar-refractivity contribution < 1.29 is 14.4 Å². The number of Topliss-reactive ketones (excluding diaryl/α,β-unsaturated/α-hetero) is 1. The molecule has 0 saturated carbocycles. The standard InChI is InChI=1S/C20H22N4O3/c1-2-3-8-16(25)18-20(22,15-7-5-4-6-14(15)19(21)26)17(24-27-18)13-9-11-23-12-10-13/h4-7,9-12,18H,2-3,8,22H2,1H3,(H2,21,26). The molecule has 1 aliphatic rings. The Labute approximate surface area is 157 Å². The number of nitrogens with zero attached hydrogens (tertiary/aromatic N) is 2. The van der Waals surface area contributed by atoms with E-state index >= 15 is 0 Å². The second-order valence-electron chi connectivity index (χ2n) is 6.51. The molecule has 3 rings (SSSR count). The summed E-state index contributed by atoms with van der Waals surface area (Å²) in [5.41, 5.74) is 12.6. The summed E-state index contributed by atoms with van der Waals surface area (Å²) >= 11 is 0. The Kier molecular flexibility index (Phi) is 5.32. The van der Waals surface area contributed by atoms with Gasteiger partial charge in [0.2, 0.25) is 12.0 Å². The molecule has 0 fully saturated rings. The van der Waals surface area contributed by atoms with Gasteiger partial charge in [-0.25, -0.2) is 0 Å². The Balaban J connectivity index is 2.15. The highest BCUT2D eigenvalue weighted by atomic mass is 16.6. The van der Waals surface area contributed by atoms with Gasteiger partial charge in [0.05, 0.1) is 0 Å². The molecule has 7 heteroatoms. The van der Waals surface area contributed by atoms with Crippen molar-refractivity contribution in [3.8, 4) is 0 Å². The first kappa shape index (κ1) is 18.7. The van der Waals surface area contributed by atoms with E-state index in [4.69, 9.17) is 16.3 Å². The Hall–Kier alpha value is -3.06. The lowest BCUT2D eigenvalue weighted by Gasteiger charge is -2.31. The number of benzene rings is 1. The molecule has 7 nitrogen and oxygen atoms in total.